The van der Waals surface area contributed by atoms with Crippen LogP contribution in [0.3, 0.4) is 0 Å². The first-order valence-electron chi connectivity index (χ1n) is 5.03. The molecule has 0 unspecified atom stereocenters. The van der Waals surface area contributed by atoms with Gasteiger partial charge in [-0.3, -0.25) is 14.4 Å². The van der Waals surface area contributed by atoms with Crippen molar-refractivity contribution in [2.45, 2.75) is 34.6 Å². The highest BCUT2D eigenvalue weighted by Gasteiger charge is 2.63. The Hall–Kier alpha value is -1.59. The molecular weight excluding hydrogens is 228 g/mol. The molecule has 0 aliphatic rings. The van der Waals surface area contributed by atoms with Crippen LogP contribution in [0.15, 0.2) is 0 Å². The van der Waals surface area contributed by atoms with Crippen LogP contribution in [0.5, 0.6) is 0 Å². The van der Waals surface area contributed by atoms with Gasteiger partial charge in [0.15, 0.2) is 0 Å². The first kappa shape index (κ1) is 15.4. The van der Waals surface area contributed by atoms with Crippen LogP contribution in [0.2, 0.25) is 0 Å². The monoisotopic (exact) mass is 246 g/mol. The standard InChI is InChI=1S/C11H18O6/c1-9(2,6(12)13)11(5,8(16)17)10(3,4)7(14)15/h1-5H3,(H,12,13)(H,14,15)(H,16,17). The van der Waals surface area contributed by atoms with Gasteiger partial charge < -0.3 is 15.3 Å². The molecule has 17 heavy (non-hydrogen) atoms. The summed E-state index contributed by atoms with van der Waals surface area (Å²) in [4.78, 5) is 33.8. The first-order valence-corrected chi connectivity index (χ1v) is 5.03. The van der Waals surface area contributed by atoms with Crippen molar-refractivity contribution in [1.29, 1.82) is 0 Å². The maximum Gasteiger partial charge on any atom is 0.311 e. The lowest BCUT2D eigenvalue weighted by Crippen LogP contribution is -2.58. The highest BCUT2D eigenvalue weighted by molar-refractivity contribution is 5.92. The highest BCUT2D eigenvalue weighted by Crippen LogP contribution is 2.52. The van der Waals surface area contributed by atoms with E-state index >= 15 is 0 Å². The predicted molar refractivity (Wildman–Crippen MR) is 58.6 cm³/mol. The van der Waals surface area contributed by atoms with E-state index in [-0.39, 0.29) is 0 Å². The Morgan fingerprint density at radius 2 is 0.882 bits per heavy atom. The Morgan fingerprint density at radius 3 is 1.00 bits per heavy atom. The molecule has 0 aliphatic carbocycles. The number of rotatable bonds is 5. The zero-order chi connectivity index (χ0) is 14.2. The van der Waals surface area contributed by atoms with Crippen molar-refractivity contribution in [3.63, 3.8) is 0 Å². The molecule has 0 rings (SSSR count). The summed E-state index contributed by atoms with van der Waals surface area (Å²) in [6.07, 6.45) is 0. The van der Waals surface area contributed by atoms with E-state index in [2.05, 4.69) is 0 Å². The number of aliphatic carboxylic acids is 3. The van der Waals surface area contributed by atoms with Gasteiger partial charge in [-0.05, 0) is 34.6 Å². The minimum Gasteiger partial charge on any atom is -0.481 e. The second kappa shape index (κ2) is 4.01. The van der Waals surface area contributed by atoms with Crippen LogP contribution < -0.4 is 0 Å². The third kappa shape index (κ3) is 1.87. The summed E-state index contributed by atoms with van der Waals surface area (Å²) in [5, 5.41) is 27.5. The number of hydrogen-bond acceptors (Lipinski definition) is 3. The molecule has 0 aromatic heterocycles. The minimum absolute atomic E-state index is 1.15. The lowest BCUT2D eigenvalue weighted by molar-refractivity contribution is -0.189. The third-order valence-electron chi connectivity index (χ3n) is 4.00. The molecule has 0 saturated heterocycles. The van der Waals surface area contributed by atoms with E-state index < -0.39 is 34.2 Å². The Balaban J connectivity index is 6.07. The van der Waals surface area contributed by atoms with Crippen LogP contribution in [-0.2, 0) is 14.4 Å². The van der Waals surface area contributed by atoms with Crippen molar-refractivity contribution < 1.29 is 29.7 Å². The van der Waals surface area contributed by atoms with E-state index in [0.717, 1.165) is 6.92 Å². The highest BCUT2D eigenvalue weighted by atomic mass is 16.4. The van der Waals surface area contributed by atoms with Gasteiger partial charge in [0.1, 0.15) is 0 Å². The van der Waals surface area contributed by atoms with E-state index in [1.54, 1.807) is 0 Å². The molecule has 0 saturated carbocycles. The Labute approximate surface area is 99.3 Å². The van der Waals surface area contributed by atoms with Gasteiger partial charge in [0.05, 0.1) is 16.2 Å². The predicted octanol–water partition coefficient (Wildman–Crippen LogP) is 1.30. The molecule has 0 amide bonds. The summed E-state index contributed by atoms with van der Waals surface area (Å²) < 4.78 is 0. The van der Waals surface area contributed by atoms with Crippen LogP contribution in [0.1, 0.15) is 34.6 Å². The van der Waals surface area contributed by atoms with Gasteiger partial charge in [0.25, 0.3) is 0 Å². The van der Waals surface area contributed by atoms with Gasteiger partial charge in [0.2, 0.25) is 0 Å². The number of carboxylic acids is 3. The van der Waals surface area contributed by atoms with Gasteiger partial charge in [-0.15, -0.1) is 0 Å². The van der Waals surface area contributed by atoms with Crippen molar-refractivity contribution in [2.24, 2.45) is 16.2 Å². The average molecular weight is 246 g/mol. The van der Waals surface area contributed by atoms with Crippen LogP contribution in [-0.4, -0.2) is 33.2 Å². The lowest BCUT2D eigenvalue weighted by atomic mass is 9.53. The second-order valence-electron chi connectivity index (χ2n) is 5.29. The minimum atomic E-state index is -1.95. The fourth-order valence-corrected chi connectivity index (χ4v) is 1.74. The van der Waals surface area contributed by atoms with Gasteiger partial charge in [-0.25, -0.2) is 0 Å². The fraction of sp³-hybridized carbons (Fsp3) is 0.727. The van der Waals surface area contributed by atoms with Gasteiger partial charge in [0, 0.05) is 0 Å². The quantitative estimate of drug-likeness (QED) is 0.674. The largest absolute Gasteiger partial charge is 0.481 e. The molecular formula is C11H18O6. The second-order valence-corrected chi connectivity index (χ2v) is 5.29. The number of carbonyl (C=O) groups is 3. The molecule has 0 aromatic carbocycles. The molecule has 6 heteroatoms. The molecule has 0 radical (unpaired) electrons. The molecule has 98 valence electrons. The van der Waals surface area contributed by atoms with E-state index in [1.807, 2.05) is 0 Å². The zero-order valence-electron chi connectivity index (χ0n) is 10.6. The Morgan fingerprint density at radius 1 is 0.647 bits per heavy atom. The summed E-state index contributed by atoms with van der Waals surface area (Å²) in [6.45, 7) is 6.02. The molecule has 6 nitrogen and oxygen atoms in total. The van der Waals surface area contributed by atoms with Crippen LogP contribution in [0, 0.1) is 16.2 Å². The SMILES string of the molecule is CC(C)(C(=O)O)C(C)(C(=O)O)C(C)(C)C(=O)O. The maximum absolute atomic E-state index is 11.4. The molecule has 0 atom stereocenters. The third-order valence-corrected chi connectivity index (χ3v) is 4.00. The number of hydrogen-bond donors (Lipinski definition) is 3. The molecule has 0 bridgehead atoms. The molecule has 3 N–H and O–H groups in total. The zero-order valence-corrected chi connectivity index (χ0v) is 10.6. The molecule has 0 fully saturated rings. The smallest absolute Gasteiger partial charge is 0.311 e. The molecule has 0 spiro atoms. The van der Waals surface area contributed by atoms with E-state index in [1.165, 1.54) is 27.7 Å². The molecule has 0 aromatic rings. The lowest BCUT2D eigenvalue weighted by Gasteiger charge is -2.46. The van der Waals surface area contributed by atoms with Crippen LogP contribution >= 0.6 is 0 Å². The van der Waals surface area contributed by atoms with E-state index in [0.29, 0.717) is 0 Å². The first-order chi connectivity index (χ1) is 7.33. The summed E-state index contributed by atoms with van der Waals surface area (Å²) in [5.74, 6) is -4.15. The Bertz CT molecular complexity index is 340. The van der Waals surface area contributed by atoms with Crippen molar-refractivity contribution in [1.82, 2.24) is 0 Å². The summed E-state index contributed by atoms with van der Waals surface area (Å²) in [7, 11) is 0. The van der Waals surface area contributed by atoms with Crippen LogP contribution in [0.25, 0.3) is 0 Å². The normalized spacial score (nSPS) is 13.2. The van der Waals surface area contributed by atoms with Crippen molar-refractivity contribution in [3.8, 4) is 0 Å². The van der Waals surface area contributed by atoms with Gasteiger partial charge >= 0.3 is 17.9 Å². The van der Waals surface area contributed by atoms with Gasteiger partial charge in [-0.2, -0.15) is 0 Å². The maximum atomic E-state index is 11.4. The van der Waals surface area contributed by atoms with Crippen molar-refractivity contribution in [2.75, 3.05) is 0 Å². The van der Waals surface area contributed by atoms with E-state index in [4.69, 9.17) is 10.2 Å². The number of carboxylic acid groups (broad SMARTS) is 3. The van der Waals surface area contributed by atoms with Crippen molar-refractivity contribution >= 4 is 17.9 Å². The fourth-order valence-electron chi connectivity index (χ4n) is 1.74. The summed E-state index contributed by atoms with van der Waals surface area (Å²) in [6, 6.07) is 0. The average Bonchev–Trinajstić information content (AvgIpc) is 2.14. The van der Waals surface area contributed by atoms with E-state index in [9.17, 15) is 19.5 Å². The van der Waals surface area contributed by atoms with Crippen molar-refractivity contribution in [3.05, 3.63) is 0 Å². The summed E-state index contributed by atoms with van der Waals surface area (Å²) >= 11 is 0. The van der Waals surface area contributed by atoms with Crippen LogP contribution in [0.4, 0.5) is 0 Å². The Kier molecular flexibility index (Phi) is 3.64. The molecule has 0 aliphatic heterocycles. The van der Waals surface area contributed by atoms with Gasteiger partial charge in [-0.1, -0.05) is 0 Å². The molecule has 0 heterocycles. The topological polar surface area (TPSA) is 112 Å². The summed E-state index contributed by atoms with van der Waals surface area (Å²) in [5.41, 5.74) is -5.39.